The van der Waals surface area contributed by atoms with E-state index in [2.05, 4.69) is 20.4 Å². The molecule has 0 atom stereocenters. The Labute approximate surface area is 242 Å². The van der Waals surface area contributed by atoms with Gasteiger partial charge < -0.3 is 24.4 Å². The Morgan fingerprint density at radius 1 is 0.833 bits per heavy atom. The first-order valence-electron chi connectivity index (χ1n) is 12.7. The molecule has 0 unspecified atom stereocenters. The van der Waals surface area contributed by atoms with Crippen LogP contribution in [0.3, 0.4) is 0 Å². The summed E-state index contributed by atoms with van der Waals surface area (Å²) >= 11 is 0. The zero-order chi connectivity index (χ0) is 30.8. The molecule has 1 N–H and O–H groups in total. The van der Waals surface area contributed by atoms with Crippen LogP contribution in [0, 0.1) is 22.7 Å². The number of hydrogen-bond donors (Lipinski definition) is 1. The topological polar surface area (TPSA) is 166 Å². The number of azo groups is 1. The van der Waals surface area contributed by atoms with Crippen LogP contribution in [0.15, 0.2) is 58.8 Å². The van der Waals surface area contributed by atoms with Gasteiger partial charge in [0.2, 0.25) is 5.91 Å². The van der Waals surface area contributed by atoms with Gasteiger partial charge in [0.05, 0.1) is 42.2 Å². The Morgan fingerprint density at radius 2 is 1.38 bits per heavy atom. The van der Waals surface area contributed by atoms with Gasteiger partial charge in [0, 0.05) is 37.8 Å². The van der Waals surface area contributed by atoms with E-state index in [1.54, 1.807) is 12.1 Å². The van der Waals surface area contributed by atoms with Crippen molar-refractivity contribution in [2.45, 2.75) is 20.8 Å². The van der Waals surface area contributed by atoms with E-state index in [0.717, 1.165) is 18.8 Å². The highest BCUT2D eigenvalue weighted by Gasteiger charge is 2.17. The number of benzene rings is 3. The highest BCUT2D eigenvalue weighted by molar-refractivity contribution is 5.96. The molecule has 0 bridgehead atoms. The molecule has 12 nitrogen and oxygen atoms in total. The summed E-state index contributed by atoms with van der Waals surface area (Å²) < 4.78 is 15.3. The second-order valence-electron chi connectivity index (χ2n) is 8.68. The van der Waals surface area contributed by atoms with Gasteiger partial charge in [0.25, 0.3) is 0 Å². The Balaban J connectivity index is 2.04. The fourth-order valence-electron chi connectivity index (χ4n) is 4.00. The molecule has 12 heteroatoms. The predicted molar refractivity (Wildman–Crippen MR) is 154 cm³/mol. The van der Waals surface area contributed by atoms with E-state index in [9.17, 15) is 24.9 Å². The molecule has 3 aromatic carbocycles. The van der Waals surface area contributed by atoms with E-state index in [1.165, 1.54) is 51.5 Å². The van der Waals surface area contributed by atoms with Gasteiger partial charge in [-0.3, -0.25) is 4.79 Å². The number of hydrogen-bond acceptors (Lipinski definition) is 11. The summed E-state index contributed by atoms with van der Waals surface area (Å²) in [6, 6.07) is 15.9. The number of carbonyl (C=O) groups is 3. The van der Waals surface area contributed by atoms with Gasteiger partial charge in [0.15, 0.2) is 0 Å². The molecule has 0 fully saturated rings. The number of nitriles is 2. The SMILES string of the molecule is CCN(CC)c1ccc(N=Nc2c(C#N)cc(Oc3cc(C(=O)OC)cc(C(=O)OC)c3)cc2C#N)c(NC(C)=O)c1. The van der Waals surface area contributed by atoms with Crippen molar-refractivity contribution in [3.05, 3.63) is 70.8 Å². The Hall–Kier alpha value is -5.75. The van der Waals surface area contributed by atoms with E-state index in [4.69, 9.17) is 14.2 Å². The van der Waals surface area contributed by atoms with E-state index >= 15 is 0 Å². The average Bonchev–Trinajstić information content (AvgIpc) is 2.99. The number of anilines is 2. The van der Waals surface area contributed by atoms with E-state index in [-0.39, 0.29) is 45.3 Å². The van der Waals surface area contributed by atoms with Crippen LogP contribution < -0.4 is 15.0 Å². The highest BCUT2D eigenvalue weighted by Crippen LogP contribution is 2.36. The van der Waals surface area contributed by atoms with Crippen molar-refractivity contribution in [2.75, 3.05) is 37.5 Å². The lowest BCUT2D eigenvalue weighted by atomic mass is 10.1. The average molecular weight is 569 g/mol. The lowest BCUT2D eigenvalue weighted by Gasteiger charge is -2.22. The minimum atomic E-state index is -0.708. The van der Waals surface area contributed by atoms with Gasteiger partial charge >= 0.3 is 11.9 Å². The monoisotopic (exact) mass is 568 g/mol. The van der Waals surface area contributed by atoms with Gasteiger partial charge in [-0.1, -0.05) is 0 Å². The summed E-state index contributed by atoms with van der Waals surface area (Å²) in [5.41, 5.74) is 1.63. The molecule has 42 heavy (non-hydrogen) atoms. The third-order valence-corrected chi connectivity index (χ3v) is 5.99. The highest BCUT2D eigenvalue weighted by atomic mass is 16.5. The molecular weight excluding hydrogens is 540 g/mol. The van der Waals surface area contributed by atoms with Crippen molar-refractivity contribution >= 4 is 40.6 Å². The first-order valence-corrected chi connectivity index (χ1v) is 12.7. The van der Waals surface area contributed by atoms with Crippen molar-refractivity contribution < 1.29 is 28.6 Å². The predicted octanol–water partition coefficient (Wildman–Crippen LogP) is 6.02. The number of amides is 1. The maximum Gasteiger partial charge on any atom is 0.338 e. The van der Waals surface area contributed by atoms with Gasteiger partial charge in [-0.05, 0) is 50.2 Å². The maximum absolute atomic E-state index is 12.1. The molecule has 0 heterocycles. The van der Waals surface area contributed by atoms with Crippen LogP contribution in [0.5, 0.6) is 11.5 Å². The number of carbonyl (C=O) groups excluding carboxylic acids is 3. The number of nitrogens with zero attached hydrogens (tertiary/aromatic N) is 5. The fraction of sp³-hybridized carbons (Fsp3) is 0.233. The van der Waals surface area contributed by atoms with Crippen LogP contribution in [0.4, 0.5) is 22.7 Å². The van der Waals surface area contributed by atoms with Crippen molar-refractivity contribution in [3.8, 4) is 23.6 Å². The number of ether oxygens (including phenoxy) is 3. The summed E-state index contributed by atoms with van der Waals surface area (Å²) in [5, 5.41) is 30.9. The second-order valence-corrected chi connectivity index (χ2v) is 8.68. The van der Waals surface area contributed by atoms with E-state index < -0.39 is 11.9 Å². The maximum atomic E-state index is 12.1. The minimum Gasteiger partial charge on any atom is -0.465 e. The first-order chi connectivity index (χ1) is 20.2. The Bertz CT molecular complexity index is 1560. The zero-order valence-corrected chi connectivity index (χ0v) is 23.7. The Morgan fingerprint density at radius 3 is 1.86 bits per heavy atom. The molecule has 1 amide bonds. The van der Waals surface area contributed by atoms with Gasteiger partial charge in [-0.2, -0.15) is 10.5 Å². The van der Waals surface area contributed by atoms with Gasteiger partial charge in [-0.25, -0.2) is 9.59 Å². The standard InChI is InChI=1S/C30H28N6O6/c1-6-36(7-2)23-8-9-26(27(15-23)33-18(3)37)34-35-28-21(16-31)13-25(14-22(28)17-32)42-24-11-19(29(38)40-4)10-20(12-24)30(39)41-5/h8-15H,6-7H2,1-5H3,(H,33,37). The van der Waals surface area contributed by atoms with E-state index in [1.807, 2.05) is 32.1 Å². The Kier molecular flexibility index (Phi) is 10.3. The molecule has 0 spiro atoms. The minimum absolute atomic E-state index is 0.00694. The van der Waals surface area contributed by atoms with E-state index in [0.29, 0.717) is 11.4 Å². The van der Waals surface area contributed by atoms with Crippen LogP contribution in [0.1, 0.15) is 52.6 Å². The van der Waals surface area contributed by atoms with Gasteiger partial charge in [0.1, 0.15) is 35.0 Å². The molecule has 0 saturated heterocycles. The zero-order valence-electron chi connectivity index (χ0n) is 23.7. The summed E-state index contributed by atoms with van der Waals surface area (Å²) in [5.74, 6) is -1.58. The molecule has 214 valence electrons. The lowest BCUT2D eigenvalue weighted by Crippen LogP contribution is -2.21. The third-order valence-electron chi connectivity index (χ3n) is 5.99. The summed E-state index contributed by atoms with van der Waals surface area (Å²) in [6.45, 7) is 6.94. The molecule has 3 aromatic rings. The quantitative estimate of drug-likeness (QED) is 0.227. The number of methoxy groups -OCH3 is 2. The van der Waals surface area contributed by atoms with Crippen LogP contribution in [-0.4, -0.2) is 45.2 Å². The molecular formula is C30H28N6O6. The molecule has 0 aliphatic carbocycles. The number of esters is 2. The fourth-order valence-corrected chi connectivity index (χ4v) is 4.00. The third kappa shape index (κ3) is 7.25. The normalized spacial score (nSPS) is 10.4. The number of nitrogens with one attached hydrogen (secondary N) is 1. The van der Waals surface area contributed by atoms with Crippen LogP contribution in [-0.2, 0) is 14.3 Å². The van der Waals surface area contributed by atoms with Crippen molar-refractivity contribution in [1.29, 1.82) is 10.5 Å². The summed E-state index contributed by atoms with van der Waals surface area (Å²) in [4.78, 5) is 38.2. The van der Waals surface area contributed by atoms with Crippen LogP contribution in [0.2, 0.25) is 0 Å². The van der Waals surface area contributed by atoms with Crippen molar-refractivity contribution in [3.63, 3.8) is 0 Å². The molecule has 0 saturated carbocycles. The van der Waals surface area contributed by atoms with Crippen LogP contribution in [0.25, 0.3) is 0 Å². The molecule has 0 aliphatic heterocycles. The molecule has 0 aromatic heterocycles. The lowest BCUT2D eigenvalue weighted by molar-refractivity contribution is -0.114. The number of rotatable bonds is 10. The van der Waals surface area contributed by atoms with Crippen LogP contribution >= 0.6 is 0 Å². The largest absolute Gasteiger partial charge is 0.465 e. The molecule has 0 radical (unpaired) electrons. The molecule has 0 aliphatic rings. The summed E-state index contributed by atoms with van der Waals surface area (Å²) in [7, 11) is 2.38. The first kappa shape index (κ1) is 30.8. The summed E-state index contributed by atoms with van der Waals surface area (Å²) in [6.07, 6.45) is 0. The molecule has 3 rings (SSSR count). The van der Waals surface area contributed by atoms with Gasteiger partial charge in [-0.15, -0.1) is 10.2 Å². The second kappa shape index (κ2) is 14.1. The van der Waals surface area contributed by atoms with Crippen molar-refractivity contribution in [2.24, 2.45) is 10.2 Å². The smallest absolute Gasteiger partial charge is 0.338 e. The van der Waals surface area contributed by atoms with Crippen molar-refractivity contribution in [1.82, 2.24) is 0 Å².